The number of carbonyl (C=O) groups is 2. The van der Waals surface area contributed by atoms with Crippen LogP contribution in [0.4, 0.5) is 0 Å². The highest BCUT2D eigenvalue weighted by molar-refractivity contribution is 7.82. The zero-order valence-electron chi connectivity index (χ0n) is 47.1. The third-order valence-corrected chi connectivity index (χ3v) is 16.2. The van der Waals surface area contributed by atoms with E-state index in [2.05, 4.69) is 16.7 Å². The Balaban J connectivity index is 1.60. The van der Waals surface area contributed by atoms with Crippen LogP contribution < -0.4 is 0 Å². The minimum absolute atomic E-state index is 0.796. The summed E-state index contributed by atoms with van der Waals surface area (Å²) in [4.78, 5) is 26.5. The van der Waals surface area contributed by atoms with Crippen LogP contribution in [0.15, 0.2) is 0 Å². The van der Waals surface area contributed by atoms with Crippen LogP contribution in [0, 0.1) is 0 Å². The van der Waals surface area contributed by atoms with E-state index in [1.807, 2.05) is 0 Å². The number of hydrogen-bond acceptors (Lipinski definition) is 38. The van der Waals surface area contributed by atoms with Gasteiger partial charge in [-0.25, -0.2) is 34.7 Å². The Hall–Kier alpha value is -2.56. The molecule has 46 nitrogen and oxygen atoms in total. The maximum atomic E-state index is 13.3. The molecule has 0 bridgehead atoms. The predicted octanol–water partition coefficient (Wildman–Crippen LogP) is -7.54. The first-order chi connectivity index (χ1) is 41.6. The van der Waals surface area contributed by atoms with Crippen LogP contribution >= 0.6 is 0 Å². The number of aliphatic hydroxyl groups excluding tert-OH is 1. The highest BCUT2D eigenvalue weighted by Gasteiger charge is 2.62. The monoisotopic (exact) mass is 1450 g/mol. The molecule has 0 amide bonds. The van der Waals surface area contributed by atoms with Gasteiger partial charge in [0.2, 0.25) is 0 Å². The average molecular weight is 1450 g/mol. The van der Waals surface area contributed by atoms with Crippen LogP contribution in [0.3, 0.4) is 0 Å². The van der Waals surface area contributed by atoms with Gasteiger partial charge in [0.1, 0.15) is 97.7 Å². The van der Waals surface area contributed by atoms with E-state index >= 15 is 0 Å². The summed E-state index contributed by atoms with van der Waals surface area (Å²) in [5.41, 5.74) is 0. The topological polar surface area (TPSA) is 633 Å². The SMILES string of the molecule is CO[C@@H]1[C@@H](OC)[C@H](O[C@H]2[C@H](OS(=O)(=O)O)[C@@H](OS(=O)(=O)O)[C@@H](O[C@H]3[C@H](OC)[C@@H](OC)[C@H](O[C@H]4[C@H](OC)[C@@H](OS(=O)(=O)O)[C@@H](O)O[C@@H]4COS(=O)(=O)O)O[C@H]3C(=O)O)O[C@@H]2COS(=O)(=O)O)O[C@H](C(=O)O)[C@H]1O[C@H]1O[C@H](COS(=O)(=O)O)[C@@H](OC)[C@@H](OC)[C@H]1OC. The van der Waals surface area contributed by atoms with E-state index in [9.17, 15) is 103 Å². The Morgan fingerprint density at radius 2 is 0.567 bits per heavy atom. The summed E-state index contributed by atoms with van der Waals surface area (Å²) < 4.78 is 327. The lowest BCUT2D eigenvalue weighted by Gasteiger charge is -2.51. The normalized spacial score (nSPS) is 38.6. The number of carboxylic acids is 2. The van der Waals surface area contributed by atoms with Crippen LogP contribution in [-0.2, 0) is 178 Å². The van der Waals surface area contributed by atoms with E-state index in [0.29, 0.717) is 0 Å². The van der Waals surface area contributed by atoms with Gasteiger partial charge in [0.25, 0.3) is 0 Å². The molecule has 0 aliphatic carbocycles. The number of carboxylic acid groups (broad SMARTS) is 2. The van der Waals surface area contributed by atoms with Gasteiger partial charge in [0, 0.05) is 56.9 Å². The molecule has 0 aromatic carbocycles. The second-order valence-corrected chi connectivity index (χ2v) is 25.2. The lowest BCUT2D eigenvalue weighted by molar-refractivity contribution is -0.388. The Labute approximate surface area is 511 Å². The summed E-state index contributed by atoms with van der Waals surface area (Å²) in [6.45, 7) is -4.05. The molecule has 0 aromatic heterocycles. The van der Waals surface area contributed by atoms with Gasteiger partial charge in [-0.1, -0.05) is 0 Å². The first kappa shape index (κ1) is 78.1. The van der Waals surface area contributed by atoms with E-state index in [1.54, 1.807) is 0 Å². The molecule has 5 rings (SSSR count). The average Bonchev–Trinajstić information content (AvgIpc) is 0.886. The van der Waals surface area contributed by atoms with Crippen molar-refractivity contribution in [1.82, 2.24) is 0 Å². The van der Waals surface area contributed by atoms with E-state index in [-0.39, 0.29) is 0 Å². The molecule has 0 spiro atoms. The molecule has 0 saturated carbocycles. The fourth-order valence-corrected chi connectivity index (χ4v) is 12.4. The number of rotatable bonds is 33. The number of hydrogen-bond donors (Lipinski definition) is 9. The minimum atomic E-state index is -6.14. The van der Waals surface area contributed by atoms with E-state index in [1.165, 1.54) is 0 Å². The van der Waals surface area contributed by atoms with Crippen molar-refractivity contribution < 1.29 is 208 Å². The van der Waals surface area contributed by atoms with E-state index in [4.69, 9.17) is 88.9 Å². The maximum Gasteiger partial charge on any atom is 0.397 e. The Morgan fingerprint density at radius 3 is 0.889 bits per heavy atom. The molecular formula is C38H64O46S6. The second-order valence-electron chi connectivity index (χ2n) is 18.8. The van der Waals surface area contributed by atoms with E-state index in [0.717, 1.165) is 56.9 Å². The molecule has 5 saturated heterocycles. The van der Waals surface area contributed by atoms with Crippen LogP contribution in [0.2, 0.25) is 0 Å². The molecule has 5 aliphatic heterocycles. The van der Waals surface area contributed by atoms with Crippen molar-refractivity contribution in [3.05, 3.63) is 0 Å². The summed E-state index contributed by atoms with van der Waals surface area (Å²) in [5.74, 6) is -4.14. The van der Waals surface area contributed by atoms with Crippen LogP contribution in [0.25, 0.3) is 0 Å². The Bertz CT molecular complexity index is 3060. The lowest BCUT2D eigenvalue weighted by Crippen LogP contribution is -2.70. The van der Waals surface area contributed by atoms with Gasteiger partial charge in [0.15, 0.2) is 55.9 Å². The third kappa shape index (κ3) is 21.0. The zero-order chi connectivity index (χ0) is 68.0. The van der Waals surface area contributed by atoms with Crippen LogP contribution in [-0.4, -0.2) is 335 Å². The first-order valence-electron chi connectivity index (χ1n) is 24.6. The standard InChI is InChI=1S/C38H64O46S6/c1-62-15-12(9-70-85(44,45)46)74-35(28(67-6)18(15)63-2)78-22-20(65-4)30(69-8)37(81-25(22)32(39)40)77-17-14(11-72-87(50,51)52)75-38(31(84-90(59,60)61)24(17)82-88(53,54)55)79-23-21(66-5)29(68-7)36(80-26(23)33(41)42)76-16-13(10-71-86(47,48)49)73-34(43)27(19(16)64-3)83-89(56,57)58/h12-31,34-38,43H,9-11H2,1-8H3,(H,39,40)(H,41,42)(H,44,45,46)(H,47,48,49)(H,50,51,52)(H,53,54,55)(H,56,57,58)(H,59,60,61)/t12-,13-,14-,15-,16-,17-,18-,19+,20+,21+,22+,23+,24+,25+,26-,27-,28-,29-,30-,31-,34+,35-,36-,37-,38-/m1/s1. The molecule has 5 heterocycles. The summed E-state index contributed by atoms with van der Waals surface area (Å²) in [6, 6.07) is 0. The quantitative estimate of drug-likeness (QED) is 0.0276. The van der Waals surface area contributed by atoms with Crippen molar-refractivity contribution in [1.29, 1.82) is 0 Å². The summed E-state index contributed by atoms with van der Waals surface area (Å²) in [7, 11) is -26.5. The third-order valence-electron chi connectivity index (χ3n) is 13.5. The molecule has 52 heteroatoms. The fraction of sp³-hybridized carbons (Fsp3) is 0.947. The molecular weight excluding hydrogens is 1380 g/mol. The highest BCUT2D eigenvalue weighted by atomic mass is 32.3. The van der Waals surface area contributed by atoms with Crippen LogP contribution in [0.1, 0.15) is 0 Å². The van der Waals surface area contributed by atoms with Crippen LogP contribution in [0.5, 0.6) is 0 Å². The smallest absolute Gasteiger partial charge is 0.397 e. The Morgan fingerprint density at radius 1 is 0.311 bits per heavy atom. The lowest BCUT2D eigenvalue weighted by atomic mass is 9.94. The second kappa shape index (κ2) is 32.0. The van der Waals surface area contributed by atoms with Gasteiger partial charge in [0.05, 0.1) is 19.8 Å². The van der Waals surface area contributed by atoms with Gasteiger partial charge < -0.3 is 95.8 Å². The van der Waals surface area contributed by atoms with Gasteiger partial charge in [-0.05, 0) is 0 Å². The largest absolute Gasteiger partial charge is 0.479 e. The van der Waals surface area contributed by atoms with Crippen molar-refractivity contribution in [2.45, 2.75) is 154 Å². The maximum absolute atomic E-state index is 13.3. The fourth-order valence-electron chi connectivity index (χ4n) is 10.1. The molecule has 0 aromatic rings. The molecule has 9 N–H and O–H groups in total. The van der Waals surface area contributed by atoms with Crippen molar-refractivity contribution >= 4 is 74.3 Å². The zero-order valence-corrected chi connectivity index (χ0v) is 52.0. The molecule has 0 radical (unpaired) electrons. The molecule has 528 valence electrons. The number of aliphatic hydroxyl groups is 1. The minimum Gasteiger partial charge on any atom is -0.479 e. The molecule has 5 fully saturated rings. The van der Waals surface area contributed by atoms with Gasteiger partial charge in [-0.2, -0.15) is 50.5 Å². The van der Waals surface area contributed by atoms with Crippen molar-refractivity contribution in [3.8, 4) is 0 Å². The highest BCUT2D eigenvalue weighted by Crippen LogP contribution is 2.41. The van der Waals surface area contributed by atoms with Crippen molar-refractivity contribution in [3.63, 3.8) is 0 Å². The number of ether oxygens (including phenoxy) is 17. The first-order valence-corrected chi connectivity index (χ1v) is 32.8. The number of aliphatic carboxylic acids is 2. The summed E-state index contributed by atoms with van der Waals surface area (Å²) in [6.07, 6.45) is -55.5. The molecule has 90 heavy (non-hydrogen) atoms. The van der Waals surface area contributed by atoms with Gasteiger partial charge >= 0.3 is 74.3 Å². The Kier molecular flexibility index (Phi) is 27.8. The molecule has 5 aliphatic rings. The van der Waals surface area contributed by atoms with Gasteiger partial charge in [-0.3, -0.25) is 27.3 Å². The van der Waals surface area contributed by atoms with Crippen molar-refractivity contribution in [2.24, 2.45) is 0 Å². The van der Waals surface area contributed by atoms with Crippen molar-refractivity contribution in [2.75, 3.05) is 76.7 Å². The van der Waals surface area contributed by atoms with Gasteiger partial charge in [-0.15, -0.1) is 0 Å². The number of methoxy groups -OCH3 is 8. The molecule has 25 atom stereocenters. The summed E-state index contributed by atoms with van der Waals surface area (Å²) in [5, 5.41) is 32.0. The summed E-state index contributed by atoms with van der Waals surface area (Å²) >= 11 is 0. The van der Waals surface area contributed by atoms with E-state index < -0.39 is 248 Å². The molecule has 0 unspecified atom stereocenters. The predicted molar refractivity (Wildman–Crippen MR) is 268 cm³/mol.